The van der Waals surface area contributed by atoms with Crippen LogP contribution in [0.25, 0.3) is 0 Å². The molecule has 4 N–H and O–H groups in total. The van der Waals surface area contributed by atoms with Crippen LogP contribution in [0.5, 0.6) is 0 Å². The lowest BCUT2D eigenvalue weighted by atomic mass is 10.2. The summed E-state index contributed by atoms with van der Waals surface area (Å²) in [5.74, 6) is -0.509. The average Bonchev–Trinajstić information content (AvgIpc) is 2.47. The van der Waals surface area contributed by atoms with Crippen molar-refractivity contribution in [3.05, 3.63) is 0 Å². The van der Waals surface area contributed by atoms with Crippen LogP contribution in [0, 0.1) is 0 Å². The van der Waals surface area contributed by atoms with Crippen LogP contribution in [0.2, 0.25) is 0 Å². The zero-order chi connectivity index (χ0) is 15.8. The first kappa shape index (κ1) is 20.3. The van der Waals surface area contributed by atoms with Gasteiger partial charge in [-0.15, -0.1) is 0 Å². The highest BCUT2D eigenvalue weighted by Gasteiger charge is 2.07. The van der Waals surface area contributed by atoms with E-state index in [-0.39, 0.29) is 0 Å². The lowest BCUT2D eigenvalue weighted by Gasteiger charge is -2.09. The third-order valence-corrected chi connectivity index (χ3v) is 2.70. The number of hydrogen-bond donors (Lipinski definition) is 2. The van der Waals surface area contributed by atoms with Crippen molar-refractivity contribution < 1.29 is 23.7 Å². The Labute approximate surface area is 127 Å². The summed E-state index contributed by atoms with van der Waals surface area (Å²) in [5, 5.41) is 0. The van der Waals surface area contributed by atoms with Crippen molar-refractivity contribution in [2.24, 2.45) is 11.5 Å². The Morgan fingerprint density at radius 1 is 0.857 bits per heavy atom. The number of carbonyl (C=O) groups is 1. The van der Waals surface area contributed by atoms with Crippen molar-refractivity contribution in [2.45, 2.75) is 32.2 Å². The fourth-order valence-corrected chi connectivity index (χ4v) is 1.36. The van der Waals surface area contributed by atoms with Crippen LogP contribution < -0.4 is 11.5 Å². The van der Waals surface area contributed by atoms with E-state index in [0.717, 1.165) is 19.4 Å². The Morgan fingerprint density at radius 2 is 1.29 bits per heavy atom. The number of rotatable bonds is 16. The van der Waals surface area contributed by atoms with Crippen LogP contribution in [-0.2, 0) is 23.7 Å². The molecule has 0 bridgehead atoms. The highest BCUT2D eigenvalue weighted by atomic mass is 16.6. The van der Waals surface area contributed by atoms with Crippen molar-refractivity contribution in [2.75, 3.05) is 52.9 Å². The molecular weight excluding hydrogens is 276 g/mol. The van der Waals surface area contributed by atoms with Gasteiger partial charge in [-0.25, -0.2) is 0 Å². The molecule has 7 nitrogen and oxygen atoms in total. The van der Waals surface area contributed by atoms with Crippen molar-refractivity contribution in [1.29, 1.82) is 0 Å². The van der Waals surface area contributed by atoms with E-state index < -0.39 is 11.9 Å². The Morgan fingerprint density at radius 3 is 1.71 bits per heavy atom. The standard InChI is InChI=1S/C14H30N2O5/c1-2-3-5-18-7-9-20-11-12-21-10-8-19-6-4-13(15)14(16)17/h13H,2-12,15H2,1H3,(H2,16,17). The first-order valence-electron chi connectivity index (χ1n) is 7.54. The fraction of sp³-hybridized carbons (Fsp3) is 0.929. The second kappa shape index (κ2) is 15.7. The van der Waals surface area contributed by atoms with Gasteiger partial charge in [-0.2, -0.15) is 0 Å². The molecule has 0 rings (SSSR count). The molecule has 0 spiro atoms. The van der Waals surface area contributed by atoms with Gasteiger partial charge in [-0.1, -0.05) is 13.3 Å². The highest BCUT2D eigenvalue weighted by molar-refractivity contribution is 5.79. The summed E-state index contributed by atoms with van der Waals surface area (Å²) in [4.78, 5) is 10.7. The van der Waals surface area contributed by atoms with Gasteiger partial charge in [0.25, 0.3) is 0 Å². The van der Waals surface area contributed by atoms with Gasteiger partial charge < -0.3 is 30.4 Å². The average molecular weight is 306 g/mol. The summed E-state index contributed by atoms with van der Waals surface area (Å²) in [6.45, 7) is 6.58. The number of primary amides is 1. The third kappa shape index (κ3) is 15.5. The first-order chi connectivity index (χ1) is 10.2. The van der Waals surface area contributed by atoms with E-state index in [1.807, 2.05) is 0 Å². The molecule has 0 aliphatic heterocycles. The van der Waals surface area contributed by atoms with Crippen molar-refractivity contribution in [3.8, 4) is 0 Å². The normalized spacial score (nSPS) is 12.5. The molecule has 21 heavy (non-hydrogen) atoms. The van der Waals surface area contributed by atoms with Gasteiger partial charge in [0, 0.05) is 13.2 Å². The second-order valence-electron chi connectivity index (χ2n) is 4.60. The predicted molar refractivity (Wildman–Crippen MR) is 80.0 cm³/mol. The van der Waals surface area contributed by atoms with Gasteiger partial charge >= 0.3 is 0 Å². The maximum Gasteiger partial charge on any atom is 0.234 e. The lowest BCUT2D eigenvalue weighted by Crippen LogP contribution is -2.37. The summed E-state index contributed by atoms with van der Waals surface area (Å²) in [6.07, 6.45) is 2.66. The molecule has 0 aliphatic rings. The molecule has 0 aromatic heterocycles. The van der Waals surface area contributed by atoms with Crippen LogP contribution in [0.15, 0.2) is 0 Å². The summed E-state index contributed by atoms with van der Waals surface area (Å²) in [5.41, 5.74) is 10.5. The van der Waals surface area contributed by atoms with Gasteiger partial charge in [0.05, 0.1) is 45.7 Å². The zero-order valence-corrected chi connectivity index (χ0v) is 13.1. The van der Waals surface area contributed by atoms with E-state index in [1.54, 1.807) is 0 Å². The van der Waals surface area contributed by atoms with Gasteiger partial charge in [-0.05, 0) is 12.8 Å². The van der Waals surface area contributed by atoms with Crippen LogP contribution in [0.4, 0.5) is 0 Å². The number of carbonyl (C=O) groups excluding carboxylic acids is 1. The van der Waals surface area contributed by atoms with E-state index in [0.29, 0.717) is 52.7 Å². The predicted octanol–water partition coefficient (Wildman–Crippen LogP) is 0.0556. The van der Waals surface area contributed by atoms with Crippen LogP contribution in [-0.4, -0.2) is 64.8 Å². The summed E-state index contributed by atoms with van der Waals surface area (Å²) < 4.78 is 21.3. The second-order valence-corrected chi connectivity index (χ2v) is 4.60. The van der Waals surface area contributed by atoms with Crippen LogP contribution >= 0.6 is 0 Å². The van der Waals surface area contributed by atoms with E-state index in [9.17, 15) is 4.79 Å². The minimum Gasteiger partial charge on any atom is -0.379 e. The smallest absolute Gasteiger partial charge is 0.234 e. The minimum absolute atomic E-state index is 0.402. The van der Waals surface area contributed by atoms with E-state index in [1.165, 1.54) is 0 Å². The van der Waals surface area contributed by atoms with Gasteiger partial charge in [0.1, 0.15) is 0 Å². The molecule has 1 amide bonds. The highest BCUT2D eigenvalue weighted by Crippen LogP contribution is 1.90. The lowest BCUT2D eigenvalue weighted by molar-refractivity contribution is -0.119. The quantitative estimate of drug-likeness (QED) is 0.390. The zero-order valence-electron chi connectivity index (χ0n) is 13.1. The van der Waals surface area contributed by atoms with E-state index in [4.69, 9.17) is 30.4 Å². The fourth-order valence-electron chi connectivity index (χ4n) is 1.36. The summed E-state index contributed by atoms with van der Waals surface area (Å²) in [6, 6.07) is -0.640. The maximum atomic E-state index is 10.7. The number of nitrogens with two attached hydrogens (primary N) is 2. The van der Waals surface area contributed by atoms with Crippen molar-refractivity contribution in [3.63, 3.8) is 0 Å². The Bertz CT molecular complexity index is 241. The first-order valence-corrected chi connectivity index (χ1v) is 7.54. The van der Waals surface area contributed by atoms with Gasteiger partial charge in [-0.3, -0.25) is 4.79 Å². The molecule has 0 aromatic carbocycles. The largest absolute Gasteiger partial charge is 0.379 e. The molecule has 0 fully saturated rings. The number of ether oxygens (including phenoxy) is 4. The Hall–Kier alpha value is -0.730. The summed E-state index contributed by atoms with van der Waals surface area (Å²) >= 11 is 0. The maximum absolute atomic E-state index is 10.7. The topological polar surface area (TPSA) is 106 Å². The molecule has 0 aliphatic carbocycles. The molecule has 0 aromatic rings. The Balaban J connectivity index is 3.04. The van der Waals surface area contributed by atoms with Crippen molar-refractivity contribution >= 4 is 5.91 Å². The van der Waals surface area contributed by atoms with Gasteiger partial charge in [0.2, 0.25) is 5.91 Å². The van der Waals surface area contributed by atoms with Gasteiger partial charge in [0.15, 0.2) is 0 Å². The monoisotopic (exact) mass is 306 g/mol. The third-order valence-electron chi connectivity index (χ3n) is 2.70. The van der Waals surface area contributed by atoms with Crippen LogP contribution in [0.1, 0.15) is 26.2 Å². The van der Waals surface area contributed by atoms with E-state index >= 15 is 0 Å². The Kier molecular flexibility index (Phi) is 15.1. The molecule has 126 valence electrons. The minimum atomic E-state index is -0.640. The van der Waals surface area contributed by atoms with E-state index in [2.05, 4.69) is 6.92 Å². The molecule has 7 heteroatoms. The molecule has 0 saturated heterocycles. The summed E-state index contributed by atoms with van der Waals surface area (Å²) in [7, 11) is 0. The molecule has 0 saturated carbocycles. The molecule has 0 radical (unpaired) electrons. The number of unbranched alkanes of at least 4 members (excludes halogenated alkanes) is 1. The molecule has 1 unspecified atom stereocenters. The molecular formula is C14H30N2O5. The van der Waals surface area contributed by atoms with Crippen LogP contribution in [0.3, 0.4) is 0 Å². The number of hydrogen-bond acceptors (Lipinski definition) is 6. The number of amides is 1. The SMILES string of the molecule is CCCCOCCOCCOCCOCCC(N)C(N)=O. The van der Waals surface area contributed by atoms with Crippen molar-refractivity contribution in [1.82, 2.24) is 0 Å². The molecule has 1 atom stereocenters. The molecule has 0 heterocycles.